The Kier molecular flexibility index (Phi) is 11.0. The zero-order chi connectivity index (χ0) is 29.3. The number of nitrogens with two attached hydrogens (primary N) is 2. The van der Waals surface area contributed by atoms with Crippen molar-refractivity contribution in [2.45, 2.75) is 51.6 Å². The highest BCUT2D eigenvalue weighted by atomic mass is 16.2. The molecule has 5 amide bonds. The van der Waals surface area contributed by atoms with Crippen LogP contribution in [0.1, 0.15) is 38.7 Å². The fourth-order valence-electron chi connectivity index (χ4n) is 5.22. The molecule has 0 aliphatic carbocycles. The van der Waals surface area contributed by atoms with E-state index in [4.69, 9.17) is 11.5 Å². The maximum Gasteiger partial charge on any atom is 0.243 e. The first-order chi connectivity index (χ1) is 19.0. The summed E-state index contributed by atoms with van der Waals surface area (Å²) >= 11 is 0. The van der Waals surface area contributed by atoms with Crippen LogP contribution in [0.2, 0.25) is 0 Å². The number of piperidine rings is 1. The molecule has 2 aliphatic heterocycles. The van der Waals surface area contributed by atoms with Crippen LogP contribution in [-0.2, 0) is 30.4 Å². The predicted octanol–water partition coefficient (Wildman–Crippen LogP) is -1.27. The minimum absolute atomic E-state index is 0.0101. The summed E-state index contributed by atoms with van der Waals surface area (Å²) in [6.45, 7) is 5.87. The third kappa shape index (κ3) is 8.75. The molecule has 2 fully saturated rings. The molecule has 2 aliphatic rings. The molecule has 2 saturated heterocycles. The average Bonchev–Trinajstić information content (AvgIpc) is 2.92. The minimum Gasteiger partial charge on any atom is -0.346 e. The summed E-state index contributed by atoms with van der Waals surface area (Å²) < 4.78 is 0. The molecular formula is C28H43N7O5. The van der Waals surface area contributed by atoms with E-state index >= 15 is 0 Å². The third-order valence-electron chi connectivity index (χ3n) is 7.59. The monoisotopic (exact) mass is 557 g/mol. The van der Waals surface area contributed by atoms with Crippen LogP contribution in [0.25, 0.3) is 0 Å². The predicted molar refractivity (Wildman–Crippen MR) is 149 cm³/mol. The molecule has 2 unspecified atom stereocenters. The summed E-state index contributed by atoms with van der Waals surface area (Å²) in [5, 5.41) is 7.85. The van der Waals surface area contributed by atoms with E-state index in [0.717, 1.165) is 18.4 Å². The van der Waals surface area contributed by atoms with Crippen LogP contribution in [0.15, 0.2) is 30.3 Å². The quantitative estimate of drug-likeness (QED) is 0.212. The topological polar surface area (TPSA) is 180 Å². The molecule has 2 atom stereocenters. The van der Waals surface area contributed by atoms with E-state index in [9.17, 15) is 24.0 Å². The highest BCUT2D eigenvalue weighted by Gasteiger charge is 2.46. The molecule has 0 bridgehead atoms. The Bertz CT molecular complexity index is 1050. The maximum atomic E-state index is 12.9. The van der Waals surface area contributed by atoms with Gasteiger partial charge < -0.3 is 37.2 Å². The summed E-state index contributed by atoms with van der Waals surface area (Å²) in [6.07, 6.45) is 2.31. The first kappa shape index (κ1) is 31.0. The maximum absolute atomic E-state index is 12.9. The number of benzene rings is 1. The molecule has 1 aromatic rings. The van der Waals surface area contributed by atoms with Gasteiger partial charge in [0.05, 0.1) is 25.7 Å². The molecule has 0 aromatic heterocycles. The number of carbonyl (C=O) groups is 5. The fourth-order valence-corrected chi connectivity index (χ4v) is 5.22. The van der Waals surface area contributed by atoms with Gasteiger partial charge in [0.15, 0.2) is 0 Å². The molecule has 1 aromatic carbocycles. The Morgan fingerprint density at radius 1 is 0.900 bits per heavy atom. The van der Waals surface area contributed by atoms with Gasteiger partial charge in [-0.1, -0.05) is 44.2 Å². The zero-order valence-corrected chi connectivity index (χ0v) is 23.5. The van der Waals surface area contributed by atoms with Crippen LogP contribution >= 0.6 is 0 Å². The lowest BCUT2D eigenvalue weighted by atomic mass is 9.72. The lowest BCUT2D eigenvalue weighted by Crippen LogP contribution is -2.63. The second-order valence-corrected chi connectivity index (χ2v) is 11.3. The second-order valence-electron chi connectivity index (χ2n) is 11.3. The van der Waals surface area contributed by atoms with Crippen LogP contribution in [0, 0.1) is 11.3 Å². The number of likely N-dealkylation sites (tertiary alicyclic amines) is 2. The fraction of sp³-hybridized carbons (Fsp3) is 0.607. The summed E-state index contributed by atoms with van der Waals surface area (Å²) in [5.74, 6) is -1.57. The van der Waals surface area contributed by atoms with E-state index in [1.54, 1.807) is 9.80 Å². The van der Waals surface area contributed by atoms with Crippen molar-refractivity contribution in [2.24, 2.45) is 22.8 Å². The summed E-state index contributed by atoms with van der Waals surface area (Å²) in [5.41, 5.74) is 12.4. The van der Waals surface area contributed by atoms with Gasteiger partial charge in [0.1, 0.15) is 6.04 Å². The standard InChI is InChI=1S/C28H43N7O5/c1-19(2)12-22(33-23(36)15-31-26(39)21(30)13-20-6-4-3-5-7-20)27(40)32-16-25(38)34-10-8-28(9-11-34)17-35(18-28)24(37)14-29/h3-7,19,21-22H,8-18,29-30H2,1-2H3,(H,31,39)(H,32,40)(H,33,36). The van der Waals surface area contributed by atoms with E-state index in [-0.39, 0.29) is 42.8 Å². The molecule has 12 nitrogen and oxygen atoms in total. The van der Waals surface area contributed by atoms with Gasteiger partial charge in [-0.3, -0.25) is 24.0 Å². The molecule has 1 spiro atoms. The van der Waals surface area contributed by atoms with Crippen molar-refractivity contribution in [2.75, 3.05) is 45.8 Å². The summed E-state index contributed by atoms with van der Waals surface area (Å²) in [6, 6.07) is 7.68. The van der Waals surface area contributed by atoms with Crippen LogP contribution in [0.4, 0.5) is 0 Å². The molecule has 7 N–H and O–H groups in total. The Morgan fingerprint density at radius 2 is 1.52 bits per heavy atom. The first-order valence-electron chi connectivity index (χ1n) is 13.9. The van der Waals surface area contributed by atoms with E-state index in [0.29, 0.717) is 39.0 Å². The van der Waals surface area contributed by atoms with E-state index in [2.05, 4.69) is 16.0 Å². The summed E-state index contributed by atoms with van der Waals surface area (Å²) in [4.78, 5) is 65.7. The molecule has 3 rings (SSSR count). The minimum atomic E-state index is -0.846. The first-order valence-corrected chi connectivity index (χ1v) is 13.9. The van der Waals surface area contributed by atoms with Crippen molar-refractivity contribution in [3.05, 3.63) is 35.9 Å². The van der Waals surface area contributed by atoms with Gasteiger partial charge in [0, 0.05) is 31.6 Å². The van der Waals surface area contributed by atoms with Gasteiger partial charge in [-0.2, -0.15) is 0 Å². The van der Waals surface area contributed by atoms with Gasteiger partial charge in [0.2, 0.25) is 29.5 Å². The number of nitrogens with zero attached hydrogens (tertiary/aromatic N) is 2. The summed E-state index contributed by atoms with van der Waals surface area (Å²) in [7, 11) is 0. The highest BCUT2D eigenvalue weighted by Crippen LogP contribution is 2.40. The highest BCUT2D eigenvalue weighted by molar-refractivity contribution is 5.92. The lowest BCUT2D eigenvalue weighted by Gasteiger charge is -2.54. The molecule has 12 heteroatoms. The average molecular weight is 558 g/mol. The largest absolute Gasteiger partial charge is 0.346 e. The molecule has 0 saturated carbocycles. The zero-order valence-electron chi connectivity index (χ0n) is 23.5. The van der Waals surface area contributed by atoms with Crippen LogP contribution < -0.4 is 27.4 Å². The van der Waals surface area contributed by atoms with E-state index < -0.39 is 29.8 Å². The van der Waals surface area contributed by atoms with Crippen molar-refractivity contribution >= 4 is 29.5 Å². The van der Waals surface area contributed by atoms with Crippen LogP contribution in [0.5, 0.6) is 0 Å². The molecule has 2 heterocycles. The lowest BCUT2D eigenvalue weighted by molar-refractivity contribution is -0.148. The Hall–Kier alpha value is -3.51. The van der Waals surface area contributed by atoms with Crippen molar-refractivity contribution in [3.63, 3.8) is 0 Å². The molecule has 220 valence electrons. The number of hydrogen-bond acceptors (Lipinski definition) is 7. The van der Waals surface area contributed by atoms with Crippen molar-refractivity contribution in [3.8, 4) is 0 Å². The number of rotatable bonds is 12. The number of amides is 5. The number of nitrogens with one attached hydrogen (secondary N) is 3. The molecule has 0 radical (unpaired) electrons. The van der Waals surface area contributed by atoms with Gasteiger partial charge in [-0.05, 0) is 37.2 Å². The van der Waals surface area contributed by atoms with Gasteiger partial charge in [-0.25, -0.2) is 0 Å². The Balaban J connectivity index is 1.40. The van der Waals surface area contributed by atoms with Gasteiger partial charge in [0.25, 0.3) is 0 Å². The molecular weight excluding hydrogens is 514 g/mol. The third-order valence-corrected chi connectivity index (χ3v) is 7.59. The normalized spacial score (nSPS) is 17.5. The molecule has 40 heavy (non-hydrogen) atoms. The van der Waals surface area contributed by atoms with Crippen LogP contribution in [0.3, 0.4) is 0 Å². The van der Waals surface area contributed by atoms with Crippen molar-refractivity contribution in [1.82, 2.24) is 25.8 Å². The number of carbonyl (C=O) groups excluding carboxylic acids is 5. The smallest absolute Gasteiger partial charge is 0.243 e. The number of hydrogen-bond donors (Lipinski definition) is 5. The van der Waals surface area contributed by atoms with Gasteiger partial charge in [-0.15, -0.1) is 0 Å². The Labute approximate surface area is 235 Å². The Morgan fingerprint density at radius 3 is 2.12 bits per heavy atom. The van der Waals surface area contributed by atoms with E-state index in [1.807, 2.05) is 44.2 Å². The second kappa shape index (κ2) is 14.2. The van der Waals surface area contributed by atoms with Gasteiger partial charge >= 0.3 is 0 Å². The van der Waals surface area contributed by atoms with E-state index in [1.165, 1.54) is 0 Å². The van der Waals surface area contributed by atoms with Crippen molar-refractivity contribution in [1.29, 1.82) is 0 Å². The SMILES string of the molecule is CC(C)CC(NC(=O)CNC(=O)C(N)Cc1ccccc1)C(=O)NCC(=O)N1CCC2(CC1)CN(C(=O)CN)C2. The van der Waals surface area contributed by atoms with Crippen LogP contribution in [-0.4, -0.2) is 97.2 Å². The van der Waals surface area contributed by atoms with Crippen molar-refractivity contribution < 1.29 is 24.0 Å².